The van der Waals surface area contributed by atoms with Crippen LogP contribution >= 0.6 is 11.6 Å². The van der Waals surface area contributed by atoms with Crippen molar-refractivity contribution < 1.29 is 14.3 Å². The van der Waals surface area contributed by atoms with Crippen molar-refractivity contribution in [2.75, 3.05) is 6.61 Å². The Kier molecular flexibility index (Phi) is 6.49. The van der Waals surface area contributed by atoms with Crippen molar-refractivity contribution in [3.05, 3.63) is 29.3 Å². The first kappa shape index (κ1) is 17.3. The average molecular weight is 311 g/mol. The molecule has 0 aliphatic rings. The molecule has 5 nitrogen and oxygen atoms in total. The Morgan fingerprint density at radius 1 is 1.24 bits per heavy atom. The topological polar surface area (TPSA) is 68.1 Å². The third-order valence-electron chi connectivity index (χ3n) is 2.97. The van der Waals surface area contributed by atoms with Crippen LogP contribution in [0.4, 0.5) is 5.69 Å². The van der Waals surface area contributed by atoms with Crippen molar-refractivity contribution in [1.29, 1.82) is 0 Å². The van der Waals surface area contributed by atoms with E-state index in [-0.39, 0.29) is 18.8 Å². The lowest BCUT2D eigenvalue weighted by Gasteiger charge is -2.22. The molecule has 0 aliphatic carbocycles. The number of hydrogen-bond acceptors (Lipinski definition) is 5. The summed E-state index contributed by atoms with van der Waals surface area (Å²) in [6, 6.07) is 6.65. The van der Waals surface area contributed by atoms with Crippen LogP contribution in [0.1, 0.15) is 33.6 Å². The quantitative estimate of drug-likeness (QED) is 0.432. The number of nitrogens with zero attached hydrogens (tertiary/aromatic N) is 2. The fraction of sp³-hybridized carbons (Fsp3) is 0.467. The molecule has 1 aromatic carbocycles. The van der Waals surface area contributed by atoms with E-state index in [4.69, 9.17) is 16.3 Å². The van der Waals surface area contributed by atoms with Gasteiger partial charge in [0.1, 0.15) is 0 Å². The molecule has 0 saturated heterocycles. The van der Waals surface area contributed by atoms with Crippen molar-refractivity contribution in [1.82, 2.24) is 0 Å². The number of Topliss-reactive ketones (excluding diaryl/α,β-unsaturated/α-hetero) is 1. The Bertz CT molecular complexity index is 528. The maximum Gasteiger partial charge on any atom is 0.343 e. The number of halogens is 1. The van der Waals surface area contributed by atoms with E-state index in [2.05, 4.69) is 10.2 Å². The Labute approximate surface area is 129 Å². The number of benzene rings is 1. The van der Waals surface area contributed by atoms with E-state index in [1.54, 1.807) is 31.2 Å². The second-order valence-electron chi connectivity index (χ2n) is 4.56. The molecule has 21 heavy (non-hydrogen) atoms. The van der Waals surface area contributed by atoms with Gasteiger partial charge in [-0.25, -0.2) is 4.79 Å². The number of hydrogen-bond donors (Lipinski definition) is 0. The van der Waals surface area contributed by atoms with Crippen LogP contribution in [0.2, 0.25) is 5.02 Å². The summed E-state index contributed by atoms with van der Waals surface area (Å²) in [5, 5.41) is 8.60. The van der Waals surface area contributed by atoms with Gasteiger partial charge in [0.15, 0.2) is 5.78 Å². The predicted octanol–water partition coefficient (Wildman–Crippen LogP) is 4.11. The minimum atomic E-state index is -1.57. The summed E-state index contributed by atoms with van der Waals surface area (Å²) in [6.07, 6.45) is 0.871. The molecule has 0 aromatic heterocycles. The molecule has 1 aromatic rings. The molecule has 1 atom stereocenters. The van der Waals surface area contributed by atoms with Crippen LogP contribution < -0.4 is 0 Å². The predicted molar refractivity (Wildman–Crippen MR) is 80.9 cm³/mol. The third kappa shape index (κ3) is 4.36. The van der Waals surface area contributed by atoms with Crippen molar-refractivity contribution >= 4 is 29.0 Å². The normalized spacial score (nSPS) is 13.9. The smallest absolute Gasteiger partial charge is 0.343 e. The van der Waals surface area contributed by atoms with E-state index in [1.165, 1.54) is 6.92 Å². The SMILES string of the molecule is CCCC(N=Nc1ccc(Cl)cc1)(C(C)=O)C(=O)OCC. The molecule has 0 radical (unpaired) electrons. The second-order valence-corrected chi connectivity index (χ2v) is 5.00. The van der Waals surface area contributed by atoms with Gasteiger partial charge < -0.3 is 4.74 Å². The summed E-state index contributed by atoms with van der Waals surface area (Å²) in [6.45, 7) is 5.07. The Balaban J connectivity index is 3.13. The van der Waals surface area contributed by atoms with Gasteiger partial charge in [0.2, 0.25) is 5.54 Å². The summed E-state index contributed by atoms with van der Waals surface area (Å²) < 4.78 is 4.99. The Morgan fingerprint density at radius 2 is 1.86 bits per heavy atom. The first-order valence-electron chi connectivity index (χ1n) is 6.83. The van der Waals surface area contributed by atoms with Gasteiger partial charge in [0.25, 0.3) is 0 Å². The molecule has 0 saturated carbocycles. The van der Waals surface area contributed by atoms with Gasteiger partial charge in [-0.2, -0.15) is 10.2 Å². The lowest BCUT2D eigenvalue weighted by Crippen LogP contribution is -2.44. The van der Waals surface area contributed by atoms with Crippen LogP contribution in [-0.4, -0.2) is 23.9 Å². The highest BCUT2D eigenvalue weighted by Gasteiger charge is 2.44. The third-order valence-corrected chi connectivity index (χ3v) is 3.22. The zero-order valence-electron chi connectivity index (χ0n) is 12.4. The molecule has 0 bridgehead atoms. The van der Waals surface area contributed by atoms with Crippen molar-refractivity contribution in [3.63, 3.8) is 0 Å². The zero-order valence-corrected chi connectivity index (χ0v) is 13.2. The molecule has 0 amide bonds. The summed E-state index contributed by atoms with van der Waals surface area (Å²) in [4.78, 5) is 24.1. The van der Waals surface area contributed by atoms with Gasteiger partial charge in [-0.05, 0) is 44.5 Å². The summed E-state index contributed by atoms with van der Waals surface area (Å²) in [5.74, 6) is -1.03. The average Bonchev–Trinajstić information content (AvgIpc) is 2.45. The van der Waals surface area contributed by atoms with Gasteiger partial charge >= 0.3 is 5.97 Å². The summed E-state index contributed by atoms with van der Waals surface area (Å²) in [7, 11) is 0. The minimum Gasteiger partial charge on any atom is -0.464 e. The largest absolute Gasteiger partial charge is 0.464 e. The van der Waals surface area contributed by atoms with Crippen LogP contribution in [-0.2, 0) is 14.3 Å². The number of azo groups is 1. The van der Waals surface area contributed by atoms with Gasteiger partial charge in [0.05, 0.1) is 12.3 Å². The van der Waals surface area contributed by atoms with E-state index >= 15 is 0 Å². The lowest BCUT2D eigenvalue weighted by molar-refractivity contribution is -0.153. The first-order valence-corrected chi connectivity index (χ1v) is 7.20. The molecule has 0 heterocycles. The van der Waals surface area contributed by atoms with Crippen LogP contribution in [0.5, 0.6) is 0 Å². The second kappa shape index (κ2) is 7.88. The van der Waals surface area contributed by atoms with Crippen LogP contribution in [0.15, 0.2) is 34.5 Å². The Morgan fingerprint density at radius 3 is 2.33 bits per heavy atom. The molecule has 6 heteroatoms. The monoisotopic (exact) mass is 310 g/mol. The number of ketones is 1. The molecule has 1 rings (SSSR count). The molecule has 0 fully saturated rings. The Hall–Kier alpha value is -1.75. The number of esters is 1. The molecule has 1 unspecified atom stereocenters. The summed E-state index contributed by atoms with van der Waals surface area (Å²) >= 11 is 5.79. The number of carbonyl (C=O) groups excluding carboxylic acids is 2. The van der Waals surface area contributed by atoms with Crippen molar-refractivity contribution in [2.45, 2.75) is 39.2 Å². The van der Waals surface area contributed by atoms with Gasteiger partial charge in [-0.1, -0.05) is 24.9 Å². The molecule has 0 spiro atoms. The van der Waals surface area contributed by atoms with Crippen LogP contribution in [0, 0.1) is 0 Å². The zero-order chi connectivity index (χ0) is 15.9. The number of ether oxygens (including phenoxy) is 1. The maximum absolute atomic E-state index is 12.2. The fourth-order valence-corrected chi connectivity index (χ4v) is 1.97. The first-order chi connectivity index (χ1) is 9.96. The van der Waals surface area contributed by atoms with Crippen LogP contribution in [0.25, 0.3) is 0 Å². The highest BCUT2D eigenvalue weighted by atomic mass is 35.5. The van der Waals surface area contributed by atoms with Crippen molar-refractivity contribution in [2.24, 2.45) is 10.2 Å². The fourth-order valence-electron chi connectivity index (χ4n) is 1.85. The highest BCUT2D eigenvalue weighted by molar-refractivity contribution is 6.30. The molecule has 114 valence electrons. The van der Waals surface area contributed by atoms with Crippen molar-refractivity contribution in [3.8, 4) is 0 Å². The maximum atomic E-state index is 12.2. The standard InChI is InChI=1S/C15H19ClN2O3/c1-4-10-15(11(3)19,14(20)21-5-2)18-17-13-8-6-12(16)7-9-13/h6-9H,4-5,10H2,1-3H3. The van der Waals surface area contributed by atoms with E-state index in [9.17, 15) is 9.59 Å². The molecule has 0 aliphatic heterocycles. The number of carbonyl (C=O) groups is 2. The minimum absolute atomic E-state index is 0.189. The van der Waals surface area contributed by atoms with Gasteiger partial charge in [0, 0.05) is 5.02 Å². The van der Waals surface area contributed by atoms with Gasteiger partial charge in [-0.15, -0.1) is 0 Å². The number of rotatable bonds is 7. The van der Waals surface area contributed by atoms with E-state index in [0.717, 1.165) is 0 Å². The van der Waals surface area contributed by atoms with E-state index < -0.39 is 11.5 Å². The van der Waals surface area contributed by atoms with Crippen LogP contribution in [0.3, 0.4) is 0 Å². The molecule has 0 N–H and O–H groups in total. The highest BCUT2D eigenvalue weighted by Crippen LogP contribution is 2.25. The van der Waals surface area contributed by atoms with Gasteiger partial charge in [-0.3, -0.25) is 4.79 Å². The van der Waals surface area contributed by atoms with E-state index in [1.807, 2.05) is 6.92 Å². The lowest BCUT2D eigenvalue weighted by atomic mass is 9.90. The summed E-state index contributed by atoms with van der Waals surface area (Å²) in [5.41, 5.74) is -1.05. The molecular weight excluding hydrogens is 292 g/mol. The molecular formula is C15H19ClN2O3. The van der Waals surface area contributed by atoms with E-state index in [0.29, 0.717) is 17.1 Å².